The number of hydrogen-bond donors (Lipinski definition) is 0. The molecule has 9 heteroatoms. The van der Waals surface area contributed by atoms with Crippen LogP contribution in [0.3, 0.4) is 0 Å². The SMILES string of the molecule is C=CCn1c(SCC(=O)N(CC)CC2COc3ccccc3O2)nc2sc(C)c(C)c2c1=O. The number of benzene rings is 1. The molecule has 0 spiro atoms. The molecule has 0 radical (unpaired) electrons. The fourth-order valence-corrected chi connectivity index (χ4v) is 5.71. The third-order valence-corrected chi connectivity index (χ3v) is 7.68. The van der Waals surface area contributed by atoms with Gasteiger partial charge in [0.15, 0.2) is 22.8 Å². The number of allylic oxidation sites excluding steroid dienone is 1. The molecule has 0 fully saturated rings. The number of para-hydroxylation sites is 2. The summed E-state index contributed by atoms with van der Waals surface area (Å²) >= 11 is 2.79. The quantitative estimate of drug-likeness (QED) is 0.272. The molecular formula is C24H27N3O4S2. The lowest BCUT2D eigenvalue weighted by atomic mass is 10.2. The first-order valence-electron chi connectivity index (χ1n) is 10.8. The van der Waals surface area contributed by atoms with Crippen LogP contribution in [0.1, 0.15) is 17.4 Å². The van der Waals surface area contributed by atoms with E-state index in [-0.39, 0.29) is 23.3 Å². The maximum absolute atomic E-state index is 13.1. The Morgan fingerprint density at radius 2 is 2.12 bits per heavy atom. The third kappa shape index (κ3) is 4.79. The van der Waals surface area contributed by atoms with Gasteiger partial charge in [-0.3, -0.25) is 14.2 Å². The van der Waals surface area contributed by atoms with E-state index in [9.17, 15) is 9.59 Å². The zero-order valence-corrected chi connectivity index (χ0v) is 20.6. The first kappa shape index (κ1) is 23.4. The van der Waals surface area contributed by atoms with Crippen molar-refractivity contribution in [1.82, 2.24) is 14.5 Å². The number of thiophene rings is 1. The monoisotopic (exact) mass is 485 g/mol. The van der Waals surface area contributed by atoms with E-state index in [0.717, 1.165) is 16.2 Å². The first-order chi connectivity index (χ1) is 15.9. The zero-order chi connectivity index (χ0) is 23.5. The predicted molar refractivity (Wildman–Crippen MR) is 133 cm³/mol. The average molecular weight is 486 g/mol. The van der Waals surface area contributed by atoms with E-state index >= 15 is 0 Å². The second kappa shape index (κ2) is 10.0. The van der Waals surface area contributed by atoms with Crippen molar-refractivity contribution < 1.29 is 14.3 Å². The summed E-state index contributed by atoms with van der Waals surface area (Å²) in [7, 11) is 0. The van der Waals surface area contributed by atoms with Crippen molar-refractivity contribution in [3.05, 3.63) is 57.7 Å². The summed E-state index contributed by atoms with van der Waals surface area (Å²) in [5, 5.41) is 1.18. The van der Waals surface area contributed by atoms with E-state index in [4.69, 9.17) is 14.5 Å². The summed E-state index contributed by atoms with van der Waals surface area (Å²) in [5.41, 5.74) is 0.877. The van der Waals surface area contributed by atoms with Crippen LogP contribution >= 0.6 is 23.1 Å². The number of rotatable bonds is 8. The molecule has 1 amide bonds. The molecule has 0 bridgehead atoms. The lowest BCUT2D eigenvalue weighted by Gasteiger charge is -2.30. The van der Waals surface area contributed by atoms with Crippen molar-refractivity contribution in [2.75, 3.05) is 25.4 Å². The standard InChI is InChI=1S/C24H27N3O4S2/c1-5-11-27-23(29)21-15(3)16(4)33-22(21)25-24(27)32-14-20(28)26(6-2)12-17-13-30-18-9-7-8-10-19(18)31-17/h5,7-10,17H,1,6,11-14H2,2-4H3. The molecule has 7 nitrogen and oxygen atoms in total. The topological polar surface area (TPSA) is 73.7 Å². The van der Waals surface area contributed by atoms with Gasteiger partial charge in [0.2, 0.25) is 5.91 Å². The molecule has 3 heterocycles. The number of thioether (sulfide) groups is 1. The van der Waals surface area contributed by atoms with E-state index in [0.29, 0.717) is 47.4 Å². The lowest BCUT2D eigenvalue weighted by molar-refractivity contribution is -0.129. The lowest BCUT2D eigenvalue weighted by Crippen LogP contribution is -2.44. The van der Waals surface area contributed by atoms with Crippen molar-refractivity contribution in [2.45, 2.75) is 38.6 Å². The van der Waals surface area contributed by atoms with Gasteiger partial charge < -0.3 is 14.4 Å². The van der Waals surface area contributed by atoms with Crippen LogP contribution in [0.2, 0.25) is 0 Å². The van der Waals surface area contributed by atoms with E-state index in [2.05, 4.69) is 6.58 Å². The second-order valence-electron chi connectivity index (χ2n) is 7.78. The first-order valence-corrected chi connectivity index (χ1v) is 12.6. The molecule has 0 N–H and O–H groups in total. The minimum absolute atomic E-state index is 0.0389. The van der Waals surface area contributed by atoms with Gasteiger partial charge in [-0.15, -0.1) is 17.9 Å². The summed E-state index contributed by atoms with van der Waals surface area (Å²) in [6.45, 7) is 11.4. The Morgan fingerprint density at radius 1 is 1.36 bits per heavy atom. The molecular weight excluding hydrogens is 458 g/mol. The summed E-state index contributed by atoms with van der Waals surface area (Å²) in [6, 6.07) is 7.53. The predicted octanol–water partition coefficient (Wildman–Crippen LogP) is 4.04. The molecule has 33 heavy (non-hydrogen) atoms. The minimum atomic E-state index is -0.237. The molecule has 1 unspecified atom stereocenters. The molecule has 2 aromatic heterocycles. The van der Waals surface area contributed by atoms with Crippen LogP contribution < -0.4 is 15.0 Å². The number of hydrogen-bond acceptors (Lipinski definition) is 7. The summed E-state index contributed by atoms with van der Waals surface area (Å²) in [4.78, 5) is 34.4. The molecule has 0 aliphatic carbocycles. The van der Waals surface area contributed by atoms with E-state index < -0.39 is 0 Å². The number of aryl methyl sites for hydroxylation is 2. The molecule has 1 atom stereocenters. The molecule has 1 aliphatic heterocycles. The molecule has 0 saturated carbocycles. The van der Waals surface area contributed by atoms with Crippen molar-refractivity contribution >= 4 is 39.2 Å². The van der Waals surface area contributed by atoms with Crippen LogP contribution in [0.4, 0.5) is 0 Å². The maximum Gasteiger partial charge on any atom is 0.263 e. The van der Waals surface area contributed by atoms with Crippen LogP contribution in [-0.4, -0.2) is 51.9 Å². The number of ether oxygens (including phenoxy) is 2. The maximum atomic E-state index is 13.1. The number of carbonyl (C=O) groups is 1. The molecule has 1 aromatic carbocycles. The van der Waals surface area contributed by atoms with Gasteiger partial charge in [-0.1, -0.05) is 30.0 Å². The van der Waals surface area contributed by atoms with Crippen LogP contribution in [0.5, 0.6) is 11.5 Å². The summed E-state index contributed by atoms with van der Waals surface area (Å²) in [6.07, 6.45) is 1.44. The van der Waals surface area contributed by atoms with Gasteiger partial charge in [0.1, 0.15) is 11.4 Å². The van der Waals surface area contributed by atoms with E-state index in [1.54, 1.807) is 15.5 Å². The highest BCUT2D eigenvalue weighted by molar-refractivity contribution is 7.99. The van der Waals surface area contributed by atoms with Crippen molar-refractivity contribution in [3.8, 4) is 11.5 Å². The minimum Gasteiger partial charge on any atom is -0.486 e. The number of aromatic nitrogens is 2. The Balaban J connectivity index is 1.47. The Labute approximate surface area is 201 Å². The molecule has 3 aromatic rings. The van der Waals surface area contributed by atoms with Crippen molar-refractivity contribution in [1.29, 1.82) is 0 Å². The Bertz CT molecular complexity index is 1250. The van der Waals surface area contributed by atoms with Crippen LogP contribution in [-0.2, 0) is 11.3 Å². The highest BCUT2D eigenvalue weighted by atomic mass is 32.2. The Hall–Kier alpha value is -2.78. The number of likely N-dealkylation sites (N-methyl/N-ethyl adjacent to an activating group) is 1. The van der Waals surface area contributed by atoms with Crippen LogP contribution in [0, 0.1) is 13.8 Å². The summed E-state index contributed by atoms with van der Waals surface area (Å²) < 4.78 is 13.4. The van der Waals surface area contributed by atoms with Gasteiger partial charge in [-0.25, -0.2) is 4.98 Å². The van der Waals surface area contributed by atoms with Crippen molar-refractivity contribution in [2.24, 2.45) is 0 Å². The Kier molecular flexibility index (Phi) is 7.09. The smallest absolute Gasteiger partial charge is 0.263 e. The molecule has 0 saturated heterocycles. The highest BCUT2D eigenvalue weighted by Crippen LogP contribution is 2.31. The van der Waals surface area contributed by atoms with Gasteiger partial charge in [-0.05, 0) is 38.5 Å². The largest absolute Gasteiger partial charge is 0.486 e. The van der Waals surface area contributed by atoms with Gasteiger partial charge in [0, 0.05) is 18.0 Å². The highest BCUT2D eigenvalue weighted by Gasteiger charge is 2.25. The van der Waals surface area contributed by atoms with E-state index in [1.165, 1.54) is 23.1 Å². The van der Waals surface area contributed by atoms with E-state index in [1.807, 2.05) is 45.0 Å². The average Bonchev–Trinajstić information content (AvgIpc) is 3.11. The Morgan fingerprint density at radius 3 is 2.85 bits per heavy atom. The fourth-order valence-electron chi connectivity index (χ4n) is 3.73. The second-order valence-corrected chi connectivity index (χ2v) is 9.93. The molecule has 1 aliphatic rings. The van der Waals surface area contributed by atoms with Gasteiger partial charge >= 0.3 is 0 Å². The molecule has 4 rings (SSSR count). The normalized spacial score (nSPS) is 14.9. The number of amides is 1. The number of nitrogens with zero attached hydrogens (tertiary/aromatic N) is 3. The third-order valence-electron chi connectivity index (χ3n) is 5.62. The van der Waals surface area contributed by atoms with Crippen LogP contribution in [0.25, 0.3) is 10.2 Å². The number of carbonyl (C=O) groups excluding carboxylic acids is 1. The van der Waals surface area contributed by atoms with Gasteiger partial charge in [-0.2, -0.15) is 0 Å². The van der Waals surface area contributed by atoms with Crippen LogP contribution in [0.15, 0.2) is 46.9 Å². The summed E-state index contributed by atoms with van der Waals surface area (Å²) in [5.74, 6) is 1.55. The van der Waals surface area contributed by atoms with Gasteiger partial charge in [0.05, 0.1) is 17.7 Å². The zero-order valence-electron chi connectivity index (χ0n) is 19.0. The van der Waals surface area contributed by atoms with Gasteiger partial charge in [0.25, 0.3) is 5.56 Å². The fraction of sp³-hybridized carbons (Fsp3) is 0.375. The number of fused-ring (bicyclic) bond motifs is 2. The molecule has 174 valence electrons. The van der Waals surface area contributed by atoms with Crippen molar-refractivity contribution in [3.63, 3.8) is 0 Å².